The molecular formula is C24H20N6O2. The summed E-state index contributed by atoms with van der Waals surface area (Å²) < 4.78 is 14.7. The Kier molecular flexibility index (Phi) is 4.64. The van der Waals surface area contributed by atoms with Crippen LogP contribution in [0.3, 0.4) is 0 Å². The number of imidazole rings is 1. The third kappa shape index (κ3) is 3.08. The minimum Gasteiger partial charge on any atom is -0.497 e. The highest BCUT2D eigenvalue weighted by atomic mass is 16.5. The molecule has 4 aromatic rings. The Hall–Kier alpha value is -4.51. The Bertz CT molecular complexity index is 1340. The van der Waals surface area contributed by atoms with E-state index in [1.165, 1.54) is 0 Å². The van der Waals surface area contributed by atoms with Crippen LogP contribution in [0.25, 0.3) is 16.9 Å². The predicted molar refractivity (Wildman–Crippen MR) is 118 cm³/mol. The Balaban J connectivity index is 1.66. The van der Waals surface area contributed by atoms with E-state index in [1.54, 1.807) is 31.4 Å². The van der Waals surface area contributed by atoms with Crippen molar-refractivity contribution in [2.75, 3.05) is 7.11 Å². The van der Waals surface area contributed by atoms with E-state index in [4.69, 9.17) is 20.3 Å². The standard InChI is InChI=1S/C24H20N6O2/c1-29-24-21(22(28-29)16-5-9-18(31-2)10-6-16)20(19(13-25)23(26)32-24)15-3-7-17(8-4-15)30-12-11-27-14-30/h3-12,14,20H,26H2,1-2H3. The van der Waals surface area contributed by atoms with E-state index in [0.717, 1.165) is 33.8 Å². The number of hydrogen-bond acceptors (Lipinski definition) is 6. The van der Waals surface area contributed by atoms with Crippen LogP contribution in [0.1, 0.15) is 17.0 Å². The minimum absolute atomic E-state index is 0.0907. The summed E-state index contributed by atoms with van der Waals surface area (Å²) in [5.74, 6) is 0.957. The topological polar surface area (TPSA) is 104 Å². The minimum atomic E-state index is -0.411. The number of aromatic nitrogens is 4. The van der Waals surface area contributed by atoms with Gasteiger partial charge < -0.3 is 19.8 Å². The van der Waals surface area contributed by atoms with E-state index in [1.807, 2.05) is 59.3 Å². The van der Waals surface area contributed by atoms with Gasteiger partial charge in [-0.15, -0.1) is 0 Å². The fourth-order valence-corrected chi connectivity index (χ4v) is 4.02. The van der Waals surface area contributed by atoms with E-state index in [-0.39, 0.29) is 5.88 Å². The maximum absolute atomic E-state index is 9.94. The van der Waals surface area contributed by atoms with Gasteiger partial charge in [-0.25, -0.2) is 9.67 Å². The second-order valence-corrected chi connectivity index (χ2v) is 7.41. The molecule has 0 fully saturated rings. The SMILES string of the molecule is COc1ccc(-c2nn(C)c3c2C(c2ccc(-n4ccnc4)cc2)C(C#N)=C(N)O3)cc1. The van der Waals surface area contributed by atoms with Crippen molar-refractivity contribution < 1.29 is 9.47 Å². The van der Waals surface area contributed by atoms with Gasteiger partial charge in [0.2, 0.25) is 11.8 Å². The molecule has 0 amide bonds. The molecule has 1 unspecified atom stereocenters. The number of ether oxygens (including phenoxy) is 2. The normalized spacial score (nSPS) is 15.1. The maximum atomic E-state index is 9.94. The molecule has 8 heteroatoms. The molecule has 158 valence electrons. The van der Waals surface area contributed by atoms with Crippen molar-refractivity contribution in [2.45, 2.75) is 5.92 Å². The molecule has 2 aromatic carbocycles. The number of rotatable bonds is 4. The summed E-state index contributed by atoms with van der Waals surface area (Å²) in [6.07, 6.45) is 5.35. The molecule has 2 aromatic heterocycles. The number of nitrogens with zero attached hydrogens (tertiary/aromatic N) is 5. The number of methoxy groups -OCH3 is 1. The molecule has 0 spiro atoms. The van der Waals surface area contributed by atoms with E-state index < -0.39 is 5.92 Å². The summed E-state index contributed by atoms with van der Waals surface area (Å²) in [5.41, 5.74) is 10.8. The maximum Gasteiger partial charge on any atom is 0.224 e. The zero-order valence-electron chi connectivity index (χ0n) is 17.6. The van der Waals surface area contributed by atoms with Crippen LogP contribution in [-0.4, -0.2) is 26.4 Å². The van der Waals surface area contributed by atoms with Crippen LogP contribution < -0.4 is 15.2 Å². The summed E-state index contributed by atoms with van der Waals surface area (Å²) in [4.78, 5) is 4.10. The summed E-state index contributed by atoms with van der Waals surface area (Å²) in [5, 5.41) is 14.6. The summed E-state index contributed by atoms with van der Waals surface area (Å²) >= 11 is 0. The van der Waals surface area contributed by atoms with Gasteiger partial charge in [-0.2, -0.15) is 10.4 Å². The highest BCUT2D eigenvalue weighted by Crippen LogP contribution is 2.46. The van der Waals surface area contributed by atoms with Crippen LogP contribution in [0.2, 0.25) is 0 Å². The van der Waals surface area contributed by atoms with Gasteiger partial charge in [0.15, 0.2) is 0 Å². The molecule has 1 aliphatic heterocycles. The molecule has 0 saturated heterocycles. The average Bonchev–Trinajstić information content (AvgIpc) is 3.47. The van der Waals surface area contributed by atoms with Gasteiger partial charge >= 0.3 is 0 Å². The van der Waals surface area contributed by atoms with E-state index >= 15 is 0 Å². The average molecular weight is 424 g/mol. The molecular weight excluding hydrogens is 404 g/mol. The van der Waals surface area contributed by atoms with Crippen molar-refractivity contribution in [1.82, 2.24) is 19.3 Å². The Morgan fingerprint density at radius 1 is 1.12 bits per heavy atom. The molecule has 1 aliphatic rings. The van der Waals surface area contributed by atoms with Crippen LogP contribution in [0.5, 0.6) is 11.6 Å². The molecule has 32 heavy (non-hydrogen) atoms. The van der Waals surface area contributed by atoms with Crippen LogP contribution in [0, 0.1) is 11.3 Å². The fraction of sp³-hybridized carbons (Fsp3) is 0.125. The molecule has 1 atom stereocenters. The first-order chi connectivity index (χ1) is 15.6. The van der Waals surface area contributed by atoms with Crippen LogP contribution in [-0.2, 0) is 7.05 Å². The van der Waals surface area contributed by atoms with Gasteiger partial charge in [0.05, 0.1) is 24.9 Å². The largest absolute Gasteiger partial charge is 0.497 e. The highest BCUT2D eigenvalue weighted by Gasteiger charge is 2.36. The lowest BCUT2D eigenvalue weighted by Crippen LogP contribution is -2.21. The fourth-order valence-electron chi connectivity index (χ4n) is 4.02. The van der Waals surface area contributed by atoms with E-state index in [2.05, 4.69) is 11.1 Å². The van der Waals surface area contributed by atoms with Crippen molar-refractivity contribution in [2.24, 2.45) is 12.8 Å². The quantitative estimate of drug-likeness (QED) is 0.538. The van der Waals surface area contributed by atoms with Gasteiger partial charge in [-0.3, -0.25) is 0 Å². The van der Waals surface area contributed by atoms with Crippen LogP contribution >= 0.6 is 0 Å². The third-order valence-electron chi connectivity index (χ3n) is 5.59. The van der Waals surface area contributed by atoms with Crippen molar-refractivity contribution in [3.8, 4) is 34.6 Å². The van der Waals surface area contributed by atoms with Gasteiger partial charge in [0.1, 0.15) is 23.1 Å². The Labute approximate surface area is 184 Å². The molecule has 0 bridgehead atoms. The van der Waals surface area contributed by atoms with Gasteiger partial charge in [0, 0.05) is 30.7 Å². The second kappa shape index (κ2) is 7.63. The van der Waals surface area contributed by atoms with Crippen molar-refractivity contribution >= 4 is 0 Å². The smallest absolute Gasteiger partial charge is 0.224 e. The molecule has 2 N–H and O–H groups in total. The molecule has 5 rings (SSSR count). The van der Waals surface area contributed by atoms with Crippen LogP contribution in [0.15, 0.2) is 78.7 Å². The Morgan fingerprint density at radius 3 is 2.50 bits per heavy atom. The first kappa shape index (κ1) is 19.5. The third-order valence-corrected chi connectivity index (χ3v) is 5.59. The van der Waals surface area contributed by atoms with Gasteiger partial charge in [-0.05, 0) is 42.0 Å². The van der Waals surface area contributed by atoms with Crippen molar-refractivity contribution in [3.05, 3.63) is 89.8 Å². The molecule has 0 aliphatic carbocycles. The number of nitrogens with two attached hydrogens (primary N) is 1. The number of aryl methyl sites for hydroxylation is 1. The summed E-state index contributed by atoms with van der Waals surface area (Å²) in [6.45, 7) is 0. The van der Waals surface area contributed by atoms with Gasteiger partial charge in [0.25, 0.3) is 0 Å². The molecule has 0 radical (unpaired) electrons. The number of fused-ring (bicyclic) bond motifs is 1. The number of benzene rings is 2. The van der Waals surface area contributed by atoms with Crippen LogP contribution in [0.4, 0.5) is 0 Å². The van der Waals surface area contributed by atoms with Gasteiger partial charge in [-0.1, -0.05) is 12.1 Å². The summed E-state index contributed by atoms with van der Waals surface area (Å²) in [7, 11) is 3.43. The van der Waals surface area contributed by atoms with E-state index in [0.29, 0.717) is 11.5 Å². The number of nitriles is 1. The monoisotopic (exact) mass is 424 g/mol. The Morgan fingerprint density at radius 2 is 1.88 bits per heavy atom. The van der Waals surface area contributed by atoms with Crippen molar-refractivity contribution in [1.29, 1.82) is 5.26 Å². The van der Waals surface area contributed by atoms with E-state index in [9.17, 15) is 5.26 Å². The lowest BCUT2D eigenvalue weighted by atomic mass is 9.83. The first-order valence-corrected chi connectivity index (χ1v) is 9.98. The lowest BCUT2D eigenvalue weighted by Gasteiger charge is -2.25. The van der Waals surface area contributed by atoms with Crippen molar-refractivity contribution in [3.63, 3.8) is 0 Å². The molecule has 0 saturated carbocycles. The predicted octanol–water partition coefficient (Wildman–Crippen LogP) is 3.50. The second-order valence-electron chi connectivity index (χ2n) is 7.41. The highest BCUT2D eigenvalue weighted by molar-refractivity contribution is 5.71. The zero-order chi connectivity index (χ0) is 22.2. The summed E-state index contributed by atoms with van der Waals surface area (Å²) in [6, 6.07) is 17.8. The zero-order valence-corrected chi connectivity index (χ0v) is 17.6. The number of allylic oxidation sites excluding steroid dienone is 1. The molecule has 8 nitrogen and oxygen atoms in total. The molecule has 3 heterocycles. The lowest BCUT2D eigenvalue weighted by molar-refractivity contribution is 0.358. The number of hydrogen-bond donors (Lipinski definition) is 1. The first-order valence-electron chi connectivity index (χ1n) is 9.98.